The van der Waals surface area contributed by atoms with Crippen LogP contribution in [0.4, 0.5) is 4.39 Å². The third-order valence-electron chi connectivity index (χ3n) is 3.42. The Hall–Kier alpha value is -1.17. The van der Waals surface area contributed by atoms with Crippen LogP contribution in [0.2, 0.25) is 0 Å². The first-order chi connectivity index (χ1) is 9.67. The first-order valence-electron chi connectivity index (χ1n) is 7.12. The molecule has 0 amide bonds. The summed E-state index contributed by atoms with van der Waals surface area (Å²) >= 11 is 0. The van der Waals surface area contributed by atoms with Crippen molar-refractivity contribution in [1.82, 2.24) is 5.32 Å². The molecule has 1 saturated heterocycles. The number of ether oxygens (including phenoxy) is 2. The van der Waals surface area contributed by atoms with Gasteiger partial charge in [-0.05, 0) is 44.0 Å². The Bertz CT molecular complexity index is 399. The maximum absolute atomic E-state index is 12.8. The molecule has 20 heavy (non-hydrogen) atoms. The van der Waals surface area contributed by atoms with E-state index >= 15 is 0 Å². The fraction of sp³-hybridized carbons (Fsp3) is 0.600. The molecule has 0 radical (unpaired) electrons. The normalized spacial score (nSPS) is 23.8. The van der Waals surface area contributed by atoms with Gasteiger partial charge in [-0.1, -0.05) is 0 Å². The second-order valence-corrected chi connectivity index (χ2v) is 5.02. The van der Waals surface area contributed by atoms with Crippen LogP contribution in [-0.2, 0) is 4.74 Å². The van der Waals surface area contributed by atoms with Crippen LogP contribution in [0.5, 0.6) is 5.75 Å². The van der Waals surface area contributed by atoms with Gasteiger partial charge < -0.3 is 19.9 Å². The number of hydrogen-bond acceptors (Lipinski definition) is 4. The molecule has 5 heteroatoms. The van der Waals surface area contributed by atoms with Crippen molar-refractivity contribution in [3.63, 3.8) is 0 Å². The second-order valence-electron chi connectivity index (χ2n) is 5.02. The van der Waals surface area contributed by atoms with E-state index < -0.39 is 6.29 Å². The van der Waals surface area contributed by atoms with E-state index in [0.29, 0.717) is 24.8 Å². The van der Waals surface area contributed by atoms with Gasteiger partial charge in [0.15, 0.2) is 6.29 Å². The lowest BCUT2D eigenvalue weighted by molar-refractivity contribution is -0.100. The van der Waals surface area contributed by atoms with Gasteiger partial charge in [0.25, 0.3) is 0 Å². The lowest BCUT2D eigenvalue weighted by Crippen LogP contribution is -2.24. The van der Waals surface area contributed by atoms with E-state index in [1.165, 1.54) is 12.1 Å². The molecule has 1 aromatic rings. The molecule has 1 heterocycles. The third kappa shape index (κ3) is 4.74. The molecule has 1 unspecified atom stereocenters. The Morgan fingerprint density at radius 2 is 2.15 bits per heavy atom. The highest BCUT2D eigenvalue weighted by atomic mass is 19.1. The summed E-state index contributed by atoms with van der Waals surface area (Å²) < 4.78 is 23.7. The predicted octanol–water partition coefficient (Wildman–Crippen LogP) is 2.07. The summed E-state index contributed by atoms with van der Waals surface area (Å²) in [4.78, 5) is 0. The van der Waals surface area contributed by atoms with Crippen LogP contribution in [0.1, 0.15) is 26.2 Å². The van der Waals surface area contributed by atoms with Gasteiger partial charge in [0.05, 0.1) is 0 Å². The number of nitrogens with one attached hydrogen (secondary N) is 1. The Labute approximate surface area is 118 Å². The van der Waals surface area contributed by atoms with Crippen molar-refractivity contribution in [3.8, 4) is 5.75 Å². The summed E-state index contributed by atoms with van der Waals surface area (Å²) in [6.45, 7) is 3.16. The fourth-order valence-electron chi connectivity index (χ4n) is 2.42. The van der Waals surface area contributed by atoms with E-state index in [4.69, 9.17) is 9.47 Å². The fourth-order valence-corrected chi connectivity index (χ4v) is 2.42. The zero-order chi connectivity index (χ0) is 14.4. The molecule has 0 aromatic heterocycles. The molecule has 1 aromatic carbocycles. The largest absolute Gasteiger partial charge is 0.489 e. The Morgan fingerprint density at radius 3 is 2.85 bits per heavy atom. The van der Waals surface area contributed by atoms with Gasteiger partial charge in [-0.3, -0.25) is 0 Å². The van der Waals surface area contributed by atoms with Crippen LogP contribution in [0.15, 0.2) is 24.3 Å². The molecular formula is C15H22FNO3. The standard InChI is InChI=1S/C15H22FNO3/c1-2-19-15(18)8-5-12-9-14(10-17-12)20-13-6-3-11(16)4-7-13/h3-4,6-7,12,14-15,17-18H,2,5,8-10H2,1H3/t12-,14?,15-/m1/s1. The smallest absolute Gasteiger partial charge is 0.154 e. The molecule has 4 nitrogen and oxygen atoms in total. The molecule has 0 spiro atoms. The van der Waals surface area contributed by atoms with Gasteiger partial charge in [0.2, 0.25) is 0 Å². The van der Waals surface area contributed by atoms with Crippen molar-refractivity contribution >= 4 is 0 Å². The third-order valence-corrected chi connectivity index (χ3v) is 3.42. The second kappa shape index (κ2) is 7.57. The minimum absolute atomic E-state index is 0.0923. The van der Waals surface area contributed by atoms with Crippen LogP contribution in [-0.4, -0.2) is 36.7 Å². The summed E-state index contributed by atoms with van der Waals surface area (Å²) in [6, 6.07) is 6.40. The van der Waals surface area contributed by atoms with E-state index in [-0.39, 0.29) is 11.9 Å². The molecule has 112 valence electrons. The monoisotopic (exact) mass is 283 g/mol. The van der Waals surface area contributed by atoms with Crippen molar-refractivity contribution in [2.45, 2.75) is 44.6 Å². The van der Waals surface area contributed by atoms with Crippen molar-refractivity contribution in [3.05, 3.63) is 30.1 Å². The molecule has 0 aliphatic carbocycles. The Morgan fingerprint density at radius 1 is 1.40 bits per heavy atom. The predicted molar refractivity (Wildman–Crippen MR) is 74.1 cm³/mol. The molecule has 3 atom stereocenters. The molecule has 1 aliphatic rings. The molecule has 1 fully saturated rings. The number of rotatable bonds is 7. The van der Waals surface area contributed by atoms with Crippen molar-refractivity contribution in [1.29, 1.82) is 0 Å². The number of aliphatic hydroxyl groups excluding tert-OH is 1. The molecule has 2 N–H and O–H groups in total. The van der Waals surface area contributed by atoms with Crippen LogP contribution >= 0.6 is 0 Å². The van der Waals surface area contributed by atoms with E-state index in [1.54, 1.807) is 12.1 Å². The van der Waals surface area contributed by atoms with E-state index in [1.807, 2.05) is 6.92 Å². The van der Waals surface area contributed by atoms with Crippen LogP contribution in [0.3, 0.4) is 0 Å². The van der Waals surface area contributed by atoms with Gasteiger partial charge in [-0.15, -0.1) is 0 Å². The first-order valence-corrected chi connectivity index (χ1v) is 7.12. The van der Waals surface area contributed by atoms with Crippen LogP contribution in [0, 0.1) is 5.82 Å². The molecule has 1 aliphatic heterocycles. The highest BCUT2D eigenvalue weighted by molar-refractivity contribution is 5.22. The lowest BCUT2D eigenvalue weighted by Gasteiger charge is -2.15. The van der Waals surface area contributed by atoms with Crippen LogP contribution in [0.25, 0.3) is 0 Å². The molecule has 0 bridgehead atoms. The average Bonchev–Trinajstić information content (AvgIpc) is 2.87. The number of aliphatic hydroxyl groups is 1. The average molecular weight is 283 g/mol. The maximum atomic E-state index is 12.8. The topological polar surface area (TPSA) is 50.7 Å². The first kappa shape index (κ1) is 15.2. The maximum Gasteiger partial charge on any atom is 0.154 e. The highest BCUT2D eigenvalue weighted by Gasteiger charge is 2.25. The summed E-state index contributed by atoms with van der Waals surface area (Å²) in [6.07, 6.45) is 1.77. The minimum atomic E-state index is -0.682. The van der Waals surface area contributed by atoms with E-state index in [9.17, 15) is 9.50 Å². The number of benzene rings is 1. The summed E-state index contributed by atoms with van der Waals surface area (Å²) in [5.74, 6) is 0.429. The van der Waals surface area contributed by atoms with Gasteiger partial charge in [-0.25, -0.2) is 4.39 Å². The van der Waals surface area contributed by atoms with E-state index in [2.05, 4.69) is 5.32 Å². The van der Waals surface area contributed by atoms with Crippen molar-refractivity contribution < 1.29 is 19.0 Å². The van der Waals surface area contributed by atoms with Crippen molar-refractivity contribution in [2.75, 3.05) is 13.2 Å². The molecular weight excluding hydrogens is 261 g/mol. The SMILES string of the molecule is CCO[C@@H](O)CC[C@@H]1CC(Oc2ccc(F)cc2)CN1. The van der Waals surface area contributed by atoms with Crippen molar-refractivity contribution in [2.24, 2.45) is 0 Å². The lowest BCUT2D eigenvalue weighted by atomic mass is 10.1. The Kier molecular flexibility index (Phi) is 5.76. The molecule has 0 saturated carbocycles. The number of halogens is 1. The quantitative estimate of drug-likeness (QED) is 0.752. The highest BCUT2D eigenvalue weighted by Crippen LogP contribution is 2.20. The Balaban J connectivity index is 1.71. The summed E-state index contributed by atoms with van der Waals surface area (Å²) in [5.41, 5.74) is 0. The zero-order valence-corrected chi connectivity index (χ0v) is 11.7. The summed E-state index contributed by atoms with van der Waals surface area (Å²) in [7, 11) is 0. The number of hydrogen-bond donors (Lipinski definition) is 2. The van der Waals surface area contributed by atoms with E-state index in [0.717, 1.165) is 19.4 Å². The minimum Gasteiger partial charge on any atom is -0.489 e. The van der Waals surface area contributed by atoms with Gasteiger partial charge in [-0.2, -0.15) is 0 Å². The van der Waals surface area contributed by atoms with Gasteiger partial charge >= 0.3 is 0 Å². The van der Waals surface area contributed by atoms with Gasteiger partial charge in [0, 0.05) is 25.6 Å². The molecule has 2 rings (SSSR count). The zero-order valence-electron chi connectivity index (χ0n) is 11.7. The van der Waals surface area contributed by atoms with Crippen LogP contribution < -0.4 is 10.1 Å². The summed E-state index contributed by atoms with van der Waals surface area (Å²) in [5, 5.41) is 12.9. The van der Waals surface area contributed by atoms with Gasteiger partial charge in [0.1, 0.15) is 17.7 Å².